The zero-order valence-electron chi connectivity index (χ0n) is 36.9. The van der Waals surface area contributed by atoms with Crippen LogP contribution in [-0.2, 0) is 20.0 Å². The van der Waals surface area contributed by atoms with Gasteiger partial charge in [-0.1, -0.05) is 29.7 Å². The standard InChI is InChI=1S/C22H27N5O3S.C13H18N4.C9H11NO4S/c1-13-8-9-17(26-31(4,29)30)16(11-13)22(28)27-10-6-5-7-18(27)20-24-19-14(2)12-15(3)23-21(19)25-20;1-8-7-9(2)15-13-11(8)16-12(17-13)10-5-3-4-6-14-10;1-6-3-4-8(10-15(2,13)14)7(5-6)9(11)12/h8-9,11-12,18,26H,5-7,10H2,1-4H3,(H,23,24,25);7,10,14H,3-6H2,1-2H3,(H,15,16,17);3-5,10H,1-2H3,(H,11,12)/t18-;10-;/m00./s1. The van der Waals surface area contributed by atoms with E-state index in [1.54, 1.807) is 36.1 Å². The van der Waals surface area contributed by atoms with E-state index in [4.69, 9.17) is 10.1 Å². The van der Waals surface area contributed by atoms with E-state index in [1.165, 1.54) is 30.5 Å². The number of carboxylic acids is 1. The van der Waals surface area contributed by atoms with Crippen LogP contribution in [0.4, 0.5) is 11.4 Å². The van der Waals surface area contributed by atoms with Crippen LogP contribution in [0.5, 0.6) is 0 Å². The van der Waals surface area contributed by atoms with E-state index in [2.05, 4.69) is 52.7 Å². The molecule has 19 heteroatoms. The molecule has 2 atom stereocenters. The number of H-pyrrole nitrogens is 2. The Kier molecular flexibility index (Phi) is 14.2. The molecule has 6 aromatic rings. The van der Waals surface area contributed by atoms with Gasteiger partial charge >= 0.3 is 5.97 Å². The monoisotopic (exact) mass is 900 g/mol. The molecule has 1 amide bonds. The van der Waals surface area contributed by atoms with Crippen LogP contribution in [0.2, 0.25) is 0 Å². The molecule has 17 nitrogen and oxygen atoms in total. The van der Waals surface area contributed by atoms with Crippen molar-refractivity contribution in [3.63, 3.8) is 0 Å². The van der Waals surface area contributed by atoms with Gasteiger partial charge in [-0.05, 0) is 128 Å². The van der Waals surface area contributed by atoms with Gasteiger partial charge in [-0.25, -0.2) is 41.6 Å². The number of anilines is 2. The number of nitrogens with zero attached hydrogens (tertiary/aromatic N) is 5. The Morgan fingerprint density at radius 2 is 1.17 bits per heavy atom. The Balaban J connectivity index is 0.000000174. The number of nitrogens with one attached hydrogen (secondary N) is 5. The molecule has 2 aliphatic rings. The van der Waals surface area contributed by atoms with Gasteiger partial charge in [0.15, 0.2) is 11.3 Å². The minimum atomic E-state index is -3.52. The molecule has 4 aromatic heterocycles. The number of hydrogen-bond acceptors (Lipinski definition) is 11. The maximum atomic E-state index is 13.6. The second kappa shape index (κ2) is 19.2. The lowest BCUT2D eigenvalue weighted by molar-refractivity contribution is 0.0601. The fourth-order valence-corrected chi connectivity index (χ4v) is 9.07. The van der Waals surface area contributed by atoms with E-state index in [1.807, 2.05) is 33.8 Å². The number of benzene rings is 2. The predicted octanol–water partition coefficient (Wildman–Crippen LogP) is 7.08. The number of pyridine rings is 2. The topological polar surface area (TPSA) is 245 Å². The zero-order valence-corrected chi connectivity index (χ0v) is 38.5. The summed E-state index contributed by atoms with van der Waals surface area (Å²) in [6.45, 7) is 13.4. The quantitative estimate of drug-likeness (QED) is 0.0898. The lowest BCUT2D eigenvalue weighted by atomic mass is 9.99. The molecule has 2 aromatic carbocycles. The maximum absolute atomic E-state index is 13.6. The highest BCUT2D eigenvalue weighted by Crippen LogP contribution is 2.34. The Morgan fingerprint density at radius 3 is 1.70 bits per heavy atom. The number of sulfonamides is 2. The minimum absolute atomic E-state index is 0.0552. The van der Waals surface area contributed by atoms with Crippen LogP contribution in [0.1, 0.15) is 117 Å². The number of rotatable bonds is 8. The van der Waals surface area contributed by atoms with Crippen LogP contribution in [0.15, 0.2) is 48.5 Å². The maximum Gasteiger partial charge on any atom is 0.337 e. The molecule has 6 N–H and O–H groups in total. The molecule has 6 heterocycles. The summed E-state index contributed by atoms with van der Waals surface area (Å²) in [5.41, 5.74) is 9.99. The van der Waals surface area contributed by atoms with Crippen molar-refractivity contribution >= 4 is 65.6 Å². The first-order valence-corrected chi connectivity index (χ1v) is 24.6. The van der Waals surface area contributed by atoms with Gasteiger partial charge in [0.2, 0.25) is 20.0 Å². The number of fused-ring (bicyclic) bond motifs is 2. The highest BCUT2D eigenvalue weighted by atomic mass is 32.2. The third-order valence-corrected chi connectivity index (χ3v) is 11.9. The van der Waals surface area contributed by atoms with Crippen molar-refractivity contribution in [3.05, 3.63) is 105 Å². The van der Waals surface area contributed by atoms with Gasteiger partial charge in [0, 0.05) is 17.9 Å². The molecule has 2 aliphatic heterocycles. The van der Waals surface area contributed by atoms with E-state index < -0.39 is 26.0 Å². The zero-order chi connectivity index (χ0) is 45.8. The summed E-state index contributed by atoms with van der Waals surface area (Å²) in [7, 11) is -6.98. The number of aryl methyl sites for hydroxylation is 6. The first-order chi connectivity index (χ1) is 29.7. The van der Waals surface area contributed by atoms with Crippen molar-refractivity contribution in [1.82, 2.24) is 40.1 Å². The number of amides is 1. The Hall–Kier alpha value is -5.92. The van der Waals surface area contributed by atoms with E-state index in [0.29, 0.717) is 29.5 Å². The summed E-state index contributed by atoms with van der Waals surface area (Å²) in [6.07, 6.45) is 8.42. The second-order valence-electron chi connectivity index (χ2n) is 16.5. The van der Waals surface area contributed by atoms with Crippen LogP contribution in [-0.4, -0.2) is 94.2 Å². The summed E-state index contributed by atoms with van der Waals surface area (Å²) in [5.74, 6) is 0.390. The fourth-order valence-electron chi connectivity index (χ4n) is 7.91. The summed E-state index contributed by atoms with van der Waals surface area (Å²) in [5, 5.41) is 12.4. The number of carboxylic acid groups (broad SMARTS) is 1. The molecular weight excluding hydrogens is 845 g/mol. The largest absolute Gasteiger partial charge is 0.478 e. The van der Waals surface area contributed by atoms with Gasteiger partial charge in [-0.2, -0.15) is 0 Å². The Labute approximate surface area is 368 Å². The highest BCUT2D eigenvalue weighted by molar-refractivity contribution is 7.92. The van der Waals surface area contributed by atoms with E-state index >= 15 is 0 Å². The molecule has 0 spiro atoms. The van der Waals surface area contributed by atoms with Crippen molar-refractivity contribution in [2.75, 3.05) is 35.0 Å². The SMILES string of the molecule is Cc1cc(C)c2[nH]c([C@@H]3CCCCN3)nc2n1.Cc1ccc(NS(C)(=O)=O)c(C(=O)N2CCCC[C@H]2c2nc3nc(C)cc(C)c3[nH]2)c1.Cc1ccc(NS(C)(=O)=O)c(C(=O)O)c1. The van der Waals surface area contributed by atoms with Crippen LogP contribution in [0.3, 0.4) is 0 Å². The van der Waals surface area contributed by atoms with Crippen molar-refractivity contribution in [3.8, 4) is 0 Å². The average Bonchev–Trinajstić information content (AvgIpc) is 3.84. The average molecular weight is 901 g/mol. The predicted molar refractivity (Wildman–Crippen MR) is 245 cm³/mol. The lowest BCUT2D eigenvalue weighted by Gasteiger charge is -2.35. The number of carbonyl (C=O) groups is 2. The number of piperidine rings is 2. The Morgan fingerprint density at radius 1 is 0.667 bits per heavy atom. The molecule has 63 heavy (non-hydrogen) atoms. The first-order valence-electron chi connectivity index (χ1n) is 20.8. The van der Waals surface area contributed by atoms with Crippen molar-refractivity contribution in [2.45, 2.75) is 92.2 Å². The molecule has 2 saturated heterocycles. The first kappa shape index (κ1) is 46.6. The van der Waals surface area contributed by atoms with Crippen molar-refractivity contribution < 1.29 is 31.5 Å². The molecule has 0 aliphatic carbocycles. The van der Waals surface area contributed by atoms with Crippen LogP contribution < -0.4 is 14.8 Å². The fraction of sp³-hybridized carbons (Fsp3) is 0.409. The van der Waals surface area contributed by atoms with Crippen LogP contribution >= 0.6 is 0 Å². The van der Waals surface area contributed by atoms with Gasteiger partial charge in [-0.15, -0.1) is 0 Å². The molecule has 336 valence electrons. The molecule has 8 rings (SSSR count). The van der Waals surface area contributed by atoms with Gasteiger partial charge in [0.05, 0.1) is 58.1 Å². The number of imidazole rings is 2. The summed E-state index contributed by atoms with van der Waals surface area (Å²) < 4.78 is 50.2. The smallest absolute Gasteiger partial charge is 0.337 e. The molecule has 0 unspecified atom stereocenters. The molecular formula is C44H56N10O7S2. The molecule has 0 saturated carbocycles. The van der Waals surface area contributed by atoms with E-state index in [-0.39, 0.29) is 23.2 Å². The van der Waals surface area contributed by atoms with Gasteiger partial charge in [0.1, 0.15) is 11.6 Å². The summed E-state index contributed by atoms with van der Waals surface area (Å²) in [4.78, 5) is 51.4. The third-order valence-electron chi connectivity index (χ3n) is 10.7. The molecule has 0 radical (unpaired) electrons. The van der Waals surface area contributed by atoms with Crippen LogP contribution in [0.25, 0.3) is 22.3 Å². The molecule has 2 fully saturated rings. The minimum Gasteiger partial charge on any atom is -0.478 e. The number of aromatic carboxylic acids is 1. The van der Waals surface area contributed by atoms with Crippen LogP contribution in [0, 0.1) is 41.5 Å². The van der Waals surface area contributed by atoms with E-state index in [9.17, 15) is 26.4 Å². The number of aromatic amines is 2. The van der Waals surface area contributed by atoms with E-state index in [0.717, 1.165) is 101 Å². The summed E-state index contributed by atoms with van der Waals surface area (Å²) >= 11 is 0. The van der Waals surface area contributed by atoms with Crippen molar-refractivity contribution in [1.29, 1.82) is 0 Å². The van der Waals surface area contributed by atoms with Crippen molar-refractivity contribution in [2.24, 2.45) is 0 Å². The van der Waals surface area contributed by atoms with Gasteiger partial charge in [0.25, 0.3) is 5.91 Å². The van der Waals surface area contributed by atoms with Gasteiger partial charge in [-0.3, -0.25) is 14.2 Å². The Bertz CT molecular complexity index is 2890. The summed E-state index contributed by atoms with van der Waals surface area (Å²) in [6, 6.07) is 13.9. The lowest BCUT2D eigenvalue weighted by Crippen LogP contribution is -2.39. The van der Waals surface area contributed by atoms with Gasteiger partial charge < -0.3 is 25.3 Å². The highest BCUT2D eigenvalue weighted by Gasteiger charge is 2.33. The normalized spacial score (nSPS) is 16.7. The second-order valence-corrected chi connectivity index (χ2v) is 20.0. The third kappa shape index (κ3) is 12.0. The number of hydrogen-bond donors (Lipinski definition) is 6. The number of carbonyl (C=O) groups excluding carboxylic acids is 1. The number of likely N-dealkylation sites (tertiary alicyclic amines) is 1. The number of aromatic nitrogens is 6. The molecule has 0 bridgehead atoms.